The zero-order valence-corrected chi connectivity index (χ0v) is 15.7. The largest absolute Gasteiger partial charge is 0.347 e. The molecule has 2 aliphatic heterocycles. The van der Waals surface area contributed by atoms with Crippen LogP contribution in [0.15, 0.2) is 54.6 Å². The van der Waals surface area contributed by atoms with Crippen LogP contribution in [-0.2, 0) is 16.0 Å². The predicted octanol–water partition coefficient (Wildman–Crippen LogP) is 2.48. The monoisotopic (exact) mass is 377 g/mol. The summed E-state index contributed by atoms with van der Waals surface area (Å²) in [5, 5.41) is 5.78. The average molecular weight is 377 g/mol. The van der Waals surface area contributed by atoms with E-state index in [1.54, 1.807) is 0 Å². The number of aryl methyl sites for hydroxylation is 1. The Morgan fingerprint density at radius 3 is 2.39 bits per heavy atom. The molecule has 144 valence electrons. The molecule has 2 aromatic rings. The third-order valence-electron chi connectivity index (χ3n) is 5.47. The van der Waals surface area contributed by atoms with Crippen LogP contribution in [-0.4, -0.2) is 34.8 Å². The topological polar surface area (TPSA) is 78.5 Å². The van der Waals surface area contributed by atoms with Gasteiger partial charge in [-0.15, -0.1) is 0 Å². The van der Waals surface area contributed by atoms with E-state index in [-0.39, 0.29) is 17.8 Å². The van der Waals surface area contributed by atoms with Crippen LogP contribution in [0.2, 0.25) is 0 Å². The molecule has 2 aromatic carbocycles. The summed E-state index contributed by atoms with van der Waals surface area (Å²) in [6, 6.07) is 15.7. The standard InChI is InChI=1S/C22H23N3O3/c1-14-7-9-15(10-8-14)13-17-21(27)25(22(28)23-17)18-11-12-19(26)24-20(18)16-5-3-2-4-6-16/h2-10,17-18,20H,11-13H2,1H3,(H,23,28)(H,24,26)/t17?,18-,20+/m1/s1. The lowest BCUT2D eigenvalue weighted by Crippen LogP contribution is -2.52. The second-order valence-corrected chi connectivity index (χ2v) is 7.46. The summed E-state index contributed by atoms with van der Waals surface area (Å²) >= 11 is 0. The van der Waals surface area contributed by atoms with Crippen LogP contribution in [0.1, 0.15) is 35.6 Å². The normalized spacial score (nSPS) is 24.8. The third-order valence-corrected chi connectivity index (χ3v) is 5.47. The van der Waals surface area contributed by atoms with Crippen LogP contribution in [0.25, 0.3) is 0 Å². The van der Waals surface area contributed by atoms with E-state index in [1.807, 2.05) is 61.5 Å². The summed E-state index contributed by atoms with van der Waals surface area (Å²) in [5.74, 6) is -0.291. The molecule has 2 heterocycles. The van der Waals surface area contributed by atoms with Gasteiger partial charge in [-0.05, 0) is 24.5 Å². The minimum absolute atomic E-state index is 0.0617. The Kier molecular flexibility index (Phi) is 4.86. The van der Waals surface area contributed by atoms with Crippen LogP contribution in [0.4, 0.5) is 4.79 Å². The van der Waals surface area contributed by atoms with Crippen molar-refractivity contribution in [2.75, 3.05) is 0 Å². The number of benzene rings is 2. The number of carbonyl (C=O) groups is 3. The van der Waals surface area contributed by atoms with Crippen LogP contribution in [0.5, 0.6) is 0 Å². The van der Waals surface area contributed by atoms with Gasteiger partial charge in [-0.3, -0.25) is 14.5 Å². The van der Waals surface area contributed by atoms with E-state index in [0.29, 0.717) is 19.3 Å². The molecule has 0 aromatic heterocycles. The molecule has 2 N–H and O–H groups in total. The zero-order chi connectivity index (χ0) is 19.7. The molecule has 6 heteroatoms. The highest BCUT2D eigenvalue weighted by atomic mass is 16.2. The van der Waals surface area contributed by atoms with Crippen molar-refractivity contribution in [1.82, 2.24) is 15.5 Å². The van der Waals surface area contributed by atoms with E-state index in [9.17, 15) is 14.4 Å². The summed E-state index contributed by atoms with van der Waals surface area (Å²) in [6.45, 7) is 2.01. The fraction of sp³-hybridized carbons (Fsp3) is 0.318. The molecule has 4 amide bonds. The van der Waals surface area contributed by atoms with Crippen molar-refractivity contribution in [1.29, 1.82) is 0 Å². The minimum Gasteiger partial charge on any atom is -0.347 e. The molecular weight excluding hydrogens is 354 g/mol. The lowest BCUT2D eigenvalue weighted by atomic mass is 9.90. The predicted molar refractivity (Wildman–Crippen MR) is 104 cm³/mol. The SMILES string of the molecule is Cc1ccc(CC2NC(=O)N([C@@H]3CCC(=O)N[C@H]3c3ccccc3)C2=O)cc1. The highest BCUT2D eigenvalue weighted by Crippen LogP contribution is 2.30. The average Bonchev–Trinajstić information content (AvgIpc) is 2.97. The van der Waals surface area contributed by atoms with Crippen LogP contribution in [0, 0.1) is 6.92 Å². The molecule has 0 saturated carbocycles. The Bertz CT molecular complexity index is 895. The van der Waals surface area contributed by atoms with E-state index in [0.717, 1.165) is 16.7 Å². The van der Waals surface area contributed by atoms with Gasteiger partial charge in [0.05, 0.1) is 12.1 Å². The fourth-order valence-electron chi connectivity index (χ4n) is 3.99. The fourth-order valence-corrected chi connectivity index (χ4v) is 3.99. The first-order chi connectivity index (χ1) is 13.5. The number of nitrogens with zero attached hydrogens (tertiary/aromatic N) is 1. The van der Waals surface area contributed by atoms with E-state index < -0.39 is 18.1 Å². The number of urea groups is 1. The number of nitrogens with one attached hydrogen (secondary N) is 2. The van der Waals surface area contributed by atoms with Gasteiger partial charge in [-0.2, -0.15) is 0 Å². The van der Waals surface area contributed by atoms with Gasteiger partial charge in [0, 0.05) is 12.8 Å². The Labute approximate surface area is 163 Å². The molecule has 28 heavy (non-hydrogen) atoms. The van der Waals surface area contributed by atoms with Gasteiger partial charge < -0.3 is 10.6 Å². The van der Waals surface area contributed by atoms with Crippen LogP contribution in [0.3, 0.4) is 0 Å². The van der Waals surface area contributed by atoms with Crippen molar-refractivity contribution >= 4 is 17.8 Å². The van der Waals surface area contributed by atoms with E-state index in [2.05, 4.69) is 10.6 Å². The number of amides is 4. The Hall–Kier alpha value is -3.15. The quantitative estimate of drug-likeness (QED) is 0.804. The number of rotatable bonds is 4. The first-order valence-corrected chi connectivity index (χ1v) is 9.56. The third kappa shape index (κ3) is 3.50. The number of hydrogen-bond donors (Lipinski definition) is 2. The minimum atomic E-state index is -0.579. The summed E-state index contributed by atoms with van der Waals surface area (Å²) in [4.78, 5) is 39.1. The second kappa shape index (κ2) is 7.46. The maximum Gasteiger partial charge on any atom is 0.325 e. The molecule has 0 aliphatic carbocycles. The van der Waals surface area contributed by atoms with Gasteiger partial charge in [0.1, 0.15) is 6.04 Å². The van der Waals surface area contributed by atoms with E-state index >= 15 is 0 Å². The molecule has 2 aliphatic rings. The van der Waals surface area contributed by atoms with Gasteiger partial charge in [0.15, 0.2) is 0 Å². The summed E-state index contributed by atoms with van der Waals surface area (Å²) in [7, 11) is 0. The second-order valence-electron chi connectivity index (χ2n) is 7.46. The molecule has 3 atom stereocenters. The van der Waals surface area contributed by atoms with Gasteiger partial charge in [-0.1, -0.05) is 60.2 Å². The molecule has 4 rings (SSSR count). The Morgan fingerprint density at radius 2 is 1.68 bits per heavy atom. The molecule has 0 spiro atoms. The van der Waals surface area contributed by atoms with Gasteiger partial charge in [0.25, 0.3) is 5.91 Å². The molecule has 1 unspecified atom stereocenters. The van der Waals surface area contributed by atoms with Gasteiger partial charge >= 0.3 is 6.03 Å². The number of imide groups is 1. The number of piperidine rings is 1. The summed E-state index contributed by atoms with van der Waals surface area (Å²) in [5.41, 5.74) is 3.04. The van der Waals surface area contributed by atoms with Crippen molar-refractivity contribution in [2.45, 2.75) is 44.3 Å². The van der Waals surface area contributed by atoms with Crippen molar-refractivity contribution in [3.05, 3.63) is 71.3 Å². The lowest BCUT2D eigenvalue weighted by molar-refractivity contribution is -0.133. The van der Waals surface area contributed by atoms with E-state index in [4.69, 9.17) is 0 Å². The lowest BCUT2D eigenvalue weighted by Gasteiger charge is -2.36. The number of hydrogen-bond acceptors (Lipinski definition) is 3. The summed E-state index contributed by atoms with van der Waals surface area (Å²) in [6.07, 6.45) is 1.21. The smallest absolute Gasteiger partial charge is 0.325 e. The van der Waals surface area contributed by atoms with Crippen molar-refractivity contribution in [2.24, 2.45) is 0 Å². The van der Waals surface area contributed by atoms with Crippen molar-refractivity contribution in [3.63, 3.8) is 0 Å². The van der Waals surface area contributed by atoms with Crippen LogP contribution < -0.4 is 10.6 Å². The number of carbonyl (C=O) groups excluding carboxylic acids is 3. The molecule has 0 bridgehead atoms. The Morgan fingerprint density at radius 1 is 0.964 bits per heavy atom. The molecule has 2 fully saturated rings. The van der Waals surface area contributed by atoms with Crippen molar-refractivity contribution in [3.8, 4) is 0 Å². The maximum atomic E-state index is 13.1. The van der Waals surface area contributed by atoms with Crippen LogP contribution >= 0.6 is 0 Å². The highest BCUT2D eigenvalue weighted by molar-refractivity contribution is 6.05. The molecule has 2 saturated heterocycles. The first kappa shape index (κ1) is 18.2. The molecular formula is C22H23N3O3. The highest BCUT2D eigenvalue weighted by Gasteiger charge is 2.46. The Balaban J connectivity index is 1.56. The zero-order valence-electron chi connectivity index (χ0n) is 15.7. The maximum absolute atomic E-state index is 13.1. The van der Waals surface area contributed by atoms with Crippen molar-refractivity contribution < 1.29 is 14.4 Å². The molecule has 0 radical (unpaired) electrons. The summed E-state index contributed by atoms with van der Waals surface area (Å²) < 4.78 is 0. The van der Waals surface area contributed by atoms with E-state index in [1.165, 1.54) is 4.90 Å². The van der Waals surface area contributed by atoms with Gasteiger partial charge in [0.2, 0.25) is 5.91 Å². The first-order valence-electron chi connectivity index (χ1n) is 9.56. The van der Waals surface area contributed by atoms with Gasteiger partial charge in [-0.25, -0.2) is 4.79 Å². The molecule has 6 nitrogen and oxygen atoms in total.